The van der Waals surface area contributed by atoms with Crippen molar-refractivity contribution in [3.05, 3.63) is 59.7 Å². The summed E-state index contributed by atoms with van der Waals surface area (Å²) in [6.07, 6.45) is 0. The quantitative estimate of drug-likeness (QED) is 0.752. The first-order chi connectivity index (χ1) is 12.1. The highest BCUT2D eigenvalue weighted by Crippen LogP contribution is 2.19. The molecule has 2 N–H and O–H groups in total. The Kier molecular flexibility index (Phi) is 4.79. The fourth-order valence-corrected chi connectivity index (χ4v) is 2.74. The monoisotopic (exact) mass is 336 g/mol. The number of hydrogen-bond donors (Lipinski definition) is 2. The van der Waals surface area contributed by atoms with E-state index in [9.17, 15) is 9.59 Å². The largest absolute Gasteiger partial charge is 0.343 e. The molecule has 0 saturated carbocycles. The van der Waals surface area contributed by atoms with Crippen LogP contribution in [0.25, 0.3) is 11.0 Å². The van der Waals surface area contributed by atoms with Crippen molar-refractivity contribution < 1.29 is 9.59 Å². The molecule has 6 heteroatoms. The lowest BCUT2D eigenvalue weighted by molar-refractivity contribution is -0.115. The number of nitrogens with one attached hydrogen (secondary N) is 2. The molecule has 0 spiro atoms. The Morgan fingerprint density at radius 3 is 2.56 bits per heavy atom. The van der Waals surface area contributed by atoms with E-state index in [2.05, 4.69) is 15.6 Å². The normalized spacial score (nSPS) is 10.6. The van der Waals surface area contributed by atoms with E-state index in [0.29, 0.717) is 18.1 Å². The highest BCUT2D eigenvalue weighted by molar-refractivity contribution is 6.00. The molecule has 0 radical (unpaired) electrons. The predicted molar refractivity (Wildman–Crippen MR) is 97.5 cm³/mol. The van der Waals surface area contributed by atoms with Gasteiger partial charge in [0.25, 0.3) is 5.91 Å². The molecular formula is C19H20N4O2. The van der Waals surface area contributed by atoms with Crippen LogP contribution in [-0.4, -0.2) is 27.9 Å². The fourth-order valence-electron chi connectivity index (χ4n) is 2.74. The Bertz CT molecular complexity index is 930. The number of rotatable bonds is 5. The molecule has 3 rings (SSSR count). The minimum Gasteiger partial charge on any atom is -0.343 e. The number of carbonyl (C=O) groups excluding carboxylic acids is 2. The van der Waals surface area contributed by atoms with Gasteiger partial charge in [0.1, 0.15) is 0 Å². The van der Waals surface area contributed by atoms with Gasteiger partial charge in [-0.2, -0.15) is 0 Å². The maximum atomic E-state index is 12.2. The Hall–Kier alpha value is -3.15. The zero-order chi connectivity index (χ0) is 17.8. The van der Waals surface area contributed by atoms with Crippen molar-refractivity contribution in [2.75, 3.05) is 11.9 Å². The highest BCUT2D eigenvalue weighted by Gasteiger charge is 2.14. The van der Waals surface area contributed by atoms with Gasteiger partial charge < -0.3 is 9.88 Å². The van der Waals surface area contributed by atoms with Crippen molar-refractivity contribution >= 4 is 28.8 Å². The van der Waals surface area contributed by atoms with Gasteiger partial charge in [-0.3, -0.25) is 14.9 Å². The van der Waals surface area contributed by atoms with E-state index in [0.717, 1.165) is 16.6 Å². The summed E-state index contributed by atoms with van der Waals surface area (Å²) in [5.74, 6) is -0.0944. The van der Waals surface area contributed by atoms with Crippen LogP contribution in [0.15, 0.2) is 48.5 Å². The van der Waals surface area contributed by atoms with Crippen molar-refractivity contribution in [2.45, 2.75) is 20.4 Å². The molecule has 2 aromatic carbocycles. The van der Waals surface area contributed by atoms with E-state index >= 15 is 0 Å². The number of nitrogens with zero attached hydrogens (tertiary/aromatic N) is 2. The molecule has 0 unspecified atom stereocenters. The van der Waals surface area contributed by atoms with E-state index in [1.807, 2.05) is 54.8 Å². The highest BCUT2D eigenvalue weighted by atomic mass is 16.2. The molecule has 6 nitrogen and oxygen atoms in total. The lowest BCUT2D eigenvalue weighted by Crippen LogP contribution is -2.33. The topological polar surface area (TPSA) is 76.0 Å². The van der Waals surface area contributed by atoms with Crippen LogP contribution in [0.3, 0.4) is 0 Å². The Morgan fingerprint density at radius 2 is 1.80 bits per heavy atom. The molecule has 0 aliphatic rings. The lowest BCUT2D eigenvalue weighted by atomic mass is 10.1. The standard InChI is InChI=1S/C19H20N4O2/c1-3-23-16-11-7-6-10-15(16)21-19(23)22-17(24)12-20-18(25)14-9-5-4-8-13(14)2/h4-11H,3,12H2,1-2H3,(H,20,25)(H,21,22,24). The fraction of sp³-hybridized carbons (Fsp3) is 0.211. The number of benzene rings is 2. The average Bonchev–Trinajstić information content (AvgIpc) is 2.97. The molecule has 2 amide bonds. The number of aromatic nitrogens is 2. The number of amides is 2. The zero-order valence-corrected chi connectivity index (χ0v) is 14.2. The summed E-state index contributed by atoms with van der Waals surface area (Å²) in [7, 11) is 0. The molecule has 0 atom stereocenters. The average molecular weight is 336 g/mol. The second kappa shape index (κ2) is 7.17. The number of hydrogen-bond acceptors (Lipinski definition) is 3. The molecule has 128 valence electrons. The SMILES string of the molecule is CCn1c(NC(=O)CNC(=O)c2ccccc2C)nc2ccccc21. The van der Waals surface area contributed by atoms with Gasteiger partial charge in [-0.25, -0.2) is 4.98 Å². The van der Waals surface area contributed by atoms with Crippen molar-refractivity contribution in [1.29, 1.82) is 0 Å². The van der Waals surface area contributed by atoms with Gasteiger partial charge in [0.15, 0.2) is 0 Å². The molecule has 0 fully saturated rings. The first-order valence-corrected chi connectivity index (χ1v) is 8.19. The van der Waals surface area contributed by atoms with Crippen LogP contribution in [0.4, 0.5) is 5.95 Å². The Balaban J connectivity index is 1.67. The maximum absolute atomic E-state index is 12.2. The number of anilines is 1. The first kappa shape index (κ1) is 16.7. The van der Waals surface area contributed by atoms with Crippen LogP contribution < -0.4 is 10.6 Å². The molecule has 0 saturated heterocycles. The summed E-state index contributed by atoms with van der Waals surface area (Å²) in [5, 5.41) is 5.41. The van der Waals surface area contributed by atoms with Crippen molar-refractivity contribution in [3.63, 3.8) is 0 Å². The summed E-state index contributed by atoms with van der Waals surface area (Å²) in [6.45, 7) is 4.42. The predicted octanol–water partition coefficient (Wildman–Crippen LogP) is 2.73. The van der Waals surface area contributed by atoms with Gasteiger partial charge in [0, 0.05) is 12.1 Å². The Labute approximate surface area is 145 Å². The van der Waals surface area contributed by atoms with Crippen LogP contribution in [0.2, 0.25) is 0 Å². The van der Waals surface area contributed by atoms with E-state index in [1.54, 1.807) is 12.1 Å². The second-order valence-electron chi connectivity index (χ2n) is 5.71. The van der Waals surface area contributed by atoms with Gasteiger partial charge in [0.05, 0.1) is 17.6 Å². The van der Waals surface area contributed by atoms with Crippen LogP contribution in [-0.2, 0) is 11.3 Å². The Morgan fingerprint density at radius 1 is 1.08 bits per heavy atom. The van der Waals surface area contributed by atoms with E-state index in [4.69, 9.17) is 0 Å². The molecule has 1 heterocycles. The third-order valence-electron chi connectivity index (χ3n) is 4.02. The number of carbonyl (C=O) groups is 2. The van der Waals surface area contributed by atoms with Crippen LogP contribution in [0, 0.1) is 6.92 Å². The summed E-state index contributed by atoms with van der Waals surface area (Å²) < 4.78 is 1.93. The van der Waals surface area contributed by atoms with Gasteiger partial charge in [0.2, 0.25) is 11.9 Å². The molecule has 0 aliphatic heterocycles. The van der Waals surface area contributed by atoms with E-state index in [-0.39, 0.29) is 18.4 Å². The summed E-state index contributed by atoms with van der Waals surface area (Å²) in [4.78, 5) is 28.8. The third kappa shape index (κ3) is 3.52. The summed E-state index contributed by atoms with van der Waals surface area (Å²) in [5.41, 5.74) is 3.22. The number of imidazole rings is 1. The number of aryl methyl sites for hydroxylation is 2. The van der Waals surface area contributed by atoms with Crippen molar-refractivity contribution in [1.82, 2.24) is 14.9 Å². The zero-order valence-electron chi connectivity index (χ0n) is 14.2. The van der Waals surface area contributed by atoms with Crippen LogP contribution >= 0.6 is 0 Å². The number of para-hydroxylation sites is 2. The summed E-state index contributed by atoms with van der Waals surface area (Å²) >= 11 is 0. The first-order valence-electron chi connectivity index (χ1n) is 8.19. The maximum Gasteiger partial charge on any atom is 0.251 e. The van der Waals surface area contributed by atoms with Gasteiger partial charge in [-0.15, -0.1) is 0 Å². The van der Waals surface area contributed by atoms with E-state index in [1.165, 1.54) is 0 Å². The molecular weight excluding hydrogens is 316 g/mol. The molecule has 0 aliphatic carbocycles. The van der Waals surface area contributed by atoms with Crippen LogP contribution in [0.1, 0.15) is 22.8 Å². The lowest BCUT2D eigenvalue weighted by Gasteiger charge is -2.09. The molecule has 0 bridgehead atoms. The van der Waals surface area contributed by atoms with E-state index < -0.39 is 0 Å². The smallest absolute Gasteiger partial charge is 0.251 e. The van der Waals surface area contributed by atoms with Gasteiger partial charge in [-0.05, 0) is 37.6 Å². The van der Waals surface area contributed by atoms with Gasteiger partial charge >= 0.3 is 0 Å². The molecule has 25 heavy (non-hydrogen) atoms. The van der Waals surface area contributed by atoms with Gasteiger partial charge in [-0.1, -0.05) is 30.3 Å². The minimum atomic E-state index is -0.313. The second-order valence-corrected chi connectivity index (χ2v) is 5.71. The number of fused-ring (bicyclic) bond motifs is 1. The third-order valence-corrected chi connectivity index (χ3v) is 4.02. The van der Waals surface area contributed by atoms with Crippen molar-refractivity contribution in [3.8, 4) is 0 Å². The molecule has 1 aromatic heterocycles. The minimum absolute atomic E-state index is 0.111. The summed E-state index contributed by atoms with van der Waals surface area (Å²) in [6, 6.07) is 15.0. The van der Waals surface area contributed by atoms with Crippen molar-refractivity contribution in [2.24, 2.45) is 0 Å². The molecule has 3 aromatic rings. The van der Waals surface area contributed by atoms with Crippen LogP contribution in [0.5, 0.6) is 0 Å².